The first-order valence-electron chi connectivity index (χ1n) is 10.7. The van der Waals surface area contributed by atoms with E-state index in [1.54, 1.807) is 18.2 Å². The molecule has 4 rings (SSSR count). The Morgan fingerprint density at radius 3 is 2.85 bits per heavy atom. The molecule has 1 saturated heterocycles. The Morgan fingerprint density at radius 1 is 1.30 bits per heavy atom. The molecular formula is C24H25BrClN5O2. The largest absolute Gasteiger partial charge is 0.480 e. The molecule has 1 aliphatic rings. The average Bonchev–Trinajstić information content (AvgIpc) is 2.82. The Morgan fingerprint density at radius 2 is 2.15 bits per heavy atom. The number of carbonyl (C=O) groups is 1. The van der Waals surface area contributed by atoms with E-state index in [0.29, 0.717) is 27.0 Å². The van der Waals surface area contributed by atoms with E-state index in [9.17, 15) is 4.79 Å². The first kappa shape index (κ1) is 23.5. The minimum absolute atomic E-state index is 0.162. The van der Waals surface area contributed by atoms with Gasteiger partial charge in [-0.15, -0.1) is 0 Å². The summed E-state index contributed by atoms with van der Waals surface area (Å²) in [5.41, 5.74) is 4.13. The molecule has 7 nitrogen and oxygen atoms in total. The summed E-state index contributed by atoms with van der Waals surface area (Å²) in [6, 6.07) is 11.6. The number of aromatic nitrogens is 2. The van der Waals surface area contributed by atoms with Gasteiger partial charge in [0, 0.05) is 22.9 Å². The summed E-state index contributed by atoms with van der Waals surface area (Å²) in [6.45, 7) is 4.23. The molecule has 9 heteroatoms. The van der Waals surface area contributed by atoms with Crippen LogP contribution in [0.4, 0.5) is 17.3 Å². The Labute approximate surface area is 206 Å². The summed E-state index contributed by atoms with van der Waals surface area (Å²) < 4.78 is 6.03. The van der Waals surface area contributed by atoms with Gasteiger partial charge >= 0.3 is 0 Å². The molecule has 1 fully saturated rings. The molecule has 0 bridgehead atoms. The fraction of sp³-hybridized carbons (Fsp3) is 0.292. The van der Waals surface area contributed by atoms with E-state index in [2.05, 4.69) is 60.9 Å². The number of hydrogen-bond donors (Lipinski definition) is 3. The Bertz CT molecular complexity index is 1150. The van der Waals surface area contributed by atoms with Crippen molar-refractivity contribution in [3.63, 3.8) is 0 Å². The molecule has 1 aromatic heterocycles. The third-order valence-corrected chi connectivity index (χ3v) is 6.63. The number of hydrogen-bond acceptors (Lipinski definition) is 6. The molecule has 0 radical (unpaired) electrons. The lowest BCUT2D eigenvalue weighted by molar-refractivity contribution is 0.102. The molecule has 172 valence electrons. The zero-order chi connectivity index (χ0) is 23.4. The van der Waals surface area contributed by atoms with Crippen LogP contribution in [0.15, 0.2) is 47.1 Å². The van der Waals surface area contributed by atoms with Crippen LogP contribution in [0, 0.1) is 6.92 Å². The molecule has 0 unspecified atom stereocenters. The van der Waals surface area contributed by atoms with Crippen LogP contribution in [0.25, 0.3) is 0 Å². The highest BCUT2D eigenvalue weighted by molar-refractivity contribution is 9.10. The summed E-state index contributed by atoms with van der Waals surface area (Å²) in [5, 5.41) is 9.87. The second-order valence-corrected chi connectivity index (χ2v) is 9.17. The lowest BCUT2D eigenvalue weighted by Crippen LogP contribution is -2.28. The molecule has 1 amide bonds. The Balaban J connectivity index is 1.51. The fourth-order valence-corrected chi connectivity index (χ4v) is 4.79. The average molecular weight is 531 g/mol. The van der Waals surface area contributed by atoms with Gasteiger partial charge in [0.1, 0.15) is 5.56 Å². The predicted molar refractivity (Wildman–Crippen MR) is 135 cm³/mol. The summed E-state index contributed by atoms with van der Waals surface area (Å²) in [4.78, 5) is 21.5. The second kappa shape index (κ2) is 10.5. The first-order valence-corrected chi connectivity index (χ1v) is 11.9. The molecule has 33 heavy (non-hydrogen) atoms. The molecule has 3 aromatic rings. The quantitative estimate of drug-likeness (QED) is 0.380. The smallest absolute Gasteiger partial charge is 0.262 e. The van der Waals surface area contributed by atoms with E-state index in [4.69, 9.17) is 16.3 Å². The van der Waals surface area contributed by atoms with Crippen LogP contribution in [-0.2, 0) is 0 Å². The minimum Gasteiger partial charge on any atom is -0.480 e. The van der Waals surface area contributed by atoms with Crippen LogP contribution in [0.2, 0.25) is 5.02 Å². The van der Waals surface area contributed by atoms with Crippen molar-refractivity contribution in [2.45, 2.75) is 25.7 Å². The lowest BCUT2D eigenvalue weighted by atomic mass is 9.88. The van der Waals surface area contributed by atoms with E-state index >= 15 is 0 Å². The molecule has 0 saturated carbocycles. The Kier molecular flexibility index (Phi) is 7.47. The number of halogens is 2. The minimum atomic E-state index is -0.423. The summed E-state index contributed by atoms with van der Waals surface area (Å²) in [5.74, 6) is 0.622. The SMILES string of the molecule is COc1nc(Nc2ccc([C@@H]3CCCNC3)c(C)c2)ncc1C(=O)Nc1c(Cl)cccc1Br. The van der Waals surface area contributed by atoms with Gasteiger partial charge < -0.3 is 20.7 Å². The Hall–Kier alpha value is -2.68. The highest BCUT2D eigenvalue weighted by Crippen LogP contribution is 2.32. The summed E-state index contributed by atoms with van der Waals surface area (Å²) >= 11 is 9.60. The van der Waals surface area contributed by atoms with Crippen LogP contribution >= 0.6 is 27.5 Å². The van der Waals surface area contributed by atoms with Crippen molar-refractivity contribution in [3.8, 4) is 5.88 Å². The molecular weight excluding hydrogens is 506 g/mol. The van der Waals surface area contributed by atoms with Crippen molar-refractivity contribution in [2.75, 3.05) is 30.8 Å². The van der Waals surface area contributed by atoms with Gasteiger partial charge in [0.25, 0.3) is 5.91 Å². The number of aryl methyl sites for hydroxylation is 1. The topological polar surface area (TPSA) is 88.2 Å². The third-order valence-electron chi connectivity index (χ3n) is 5.66. The summed E-state index contributed by atoms with van der Waals surface area (Å²) in [6.07, 6.45) is 3.84. The van der Waals surface area contributed by atoms with Crippen LogP contribution < -0.4 is 20.7 Å². The number of ether oxygens (including phenoxy) is 1. The second-order valence-electron chi connectivity index (χ2n) is 7.91. The van der Waals surface area contributed by atoms with Gasteiger partial charge in [0.15, 0.2) is 0 Å². The van der Waals surface area contributed by atoms with Crippen molar-refractivity contribution in [1.82, 2.24) is 15.3 Å². The standard InChI is InChI=1S/C24H25BrClN5O2/c1-14-11-16(8-9-17(14)15-5-4-10-27-12-15)29-24-28-13-18(23(31-24)33-2)22(32)30-21-19(25)6-3-7-20(21)26/h3,6-9,11,13,15,27H,4-5,10,12H2,1-2H3,(H,30,32)(H,28,29,31)/t15-/m1/s1. The number of piperidine rings is 1. The maximum Gasteiger partial charge on any atom is 0.262 e. The number of nitrogens with one attached hydrogen (secondary N) is 3. The van der Waals surface area contributed by atoms with Crippen LogP contribution in [0.3, 0.4) is 0 Å². The van der Waals surface area contributed by atoms with Crippen molar-refractivity contribution in [2.24, 2.45) is 0 Å². The molecule has 2 heterocycles. The van der Waals surface area contributed by atoms with E-state index in [-0.39, 0.29) is 11.4 Å². The van der Waals surface area contributed by atoms with E-state index < -0.39 is 5.91 Å². The van der Waals surface area contributed by atoms with Crippen molar-refractivity contribution in [3.05, 3.63) is 68.8 Å². The van der Waals surface area contributed by atoms with Gasteiger partial charge in [-0.1, -0.05) is 23.7 Å². The molecule has 0 spiro atoms. The first-order chi connectivity index (χ1) is 16.0. The number of nitrogens with zero attached hydrogens (tertiary/aromatic N) is 2. The molecule has 1 aliphatic heterocycles. The van der Waals surface area contributed by atoms with Gasteiger partial charge in [-0.05, 0) is 83.6 Å². The molecule has 0 aliphatic carbocycles. The number of anilines is 3. The highest BCUT2D eigenvalue weighted by Gasteiger charge is 2.19. The number of para-hydroxylation sites is 1. The maximum absolute atomic E-state index is 12.8. The van der Waals surface area contributed by atoms with Gasteiger partial charge in [-0.2, -0.15) is 4.98 Å². The number of rotatable bonds is 6. The normalized spacial score (nSPS) is 15.7. The van der Waals surface area contributed by atoms with Crippen molar-refractivity contribution < 1.29 is 9.53 Å². The van der Waals surface area contributed by atoms with E-state index in [0.717, 1.165) is 18.8 Å². The van der Waals surface area contributed by atoms with Crippen molar-refractivity contribution in [1.29, 1.82) is 0 Å². The van der Waals surface area contributed by atoms with E-state index in [1.807, 2.05) is 6.07 Å². The number of methoxy groups -OCH3 is 1. The zero-order valence-corrected chi connectivity index (χ0v) is 20.8. The van der Waals surface area contributed by atoms with Crippen LogP contribution in [-0.4, -0.2) is 36.1 Å². The van der Waals surface area contributed by atoms with Crippen molar-refractivity contribution >= 4 is 50.8 Å². The van der Waals surface area contributed by atoms with Gasteiger partial charge in [0.2, 0.25) is 11.8 Å². The lowest BCUT2D eigenvalue weighted by Gasteiger charge is -2.25. The number of amides is 1. The maximum atomic E-state index is 12.8. The van der Waals surface area contributed by atoms with Gasteiger partial charge in [0.05, 0.1) is 17.8 Å². The van der Waals surface area contributed by atoms with E-state index in [1.165, 1.54) is 37.3 Å². The molecule has 3 N–H and O–H groups in total. The van der Waals surface area contributed by atoms with Crippen LogP contribution in [0.1, 0.15) is 40.2 Å². The fourth-order valence-electron chi connectivity index (χ4n) is 3.99. The molecule has 2 aromatic carbocycles. The zero-order valence-electron chi connectivity index (χ0n) is 18.4. The van der Waals surface area contributed by atoms with Gasteiger partial charge in [-0.25, -0.2) is 4.98 Å². The molecule has 1 atom stereocenters. The highest BCUT2D eigenvalue weighted by atomic mass is 79.9. The van der Waals surface area contributed by atoms with Crippen LogP contribution in [0.5, 0.6) is 5.88 Å². The third kappa shape index (κ3) is 5.46. The number of benzene rings is 2. The number of carbonyl (C=O) groups excluding carboxylic acids is 1. The predicted octanol–water partition coefficient (Wildman–Crippen LogP) is 5.67. The monoisotopic (exact) mass is 529 g/mol. The van der Waals surface area contributed by atoms with Gasteiger partial charge in [-0.3, -0.25) is 4.79 Å². The summed E-state index contributed by atoms with van der Waals surface area (Å²) in [7, 11) is 1.46.